The molecule has 0 amide bonds. The predicted molar refractivity (Wildman–Crippen MR) is 63.3 cm³/mol. The zero-order chi connectivity index (χ0) is 12.3. The van der Waals surface area contributed by atoms with Gasteiger partial charge in [-0.25, -0.2) is 0 Å². The van der Waals surface area contributed by atoms with Gasteiger partial charge in [-0.15, -0.1) is 0 Å². The first kappa shape index (κ1) is 13.5. The topological polar surface area (TPSA) is 46.5 Å². The highest BCUT2D eigenvalue weighted by Gasteiger charge is 2.40. The summed E-state index contributed by atoms with van der Waals surface area (Å²) in [7, 11) is 1.72. The van der Waals surface area contributed by atoms with Crippen LogP contribution in [0.4, 0.5) is 0 Å². The van der Waals surface area contributed by atoms with E-state index in [1.807, 2.05) is 20.8 Å². The summed E-state index contributed by atoms with van der Waals surface area (Å²) >= 11 is 0. The molecule has 3 heteroatoms. The molecule has 1 N–H and O–H groups in total. The van der Waals surface area contributed by atoms with E-state index in [-0.39, 0.29) is 23.4 Å². The van der Waals surface area contributed by atoms with Gasteiger partial charge in [0.15, 0.2) is 0 Å². The lowest BCUT2D eigenvalue weighted by Crippen LogP contribution is -2.38. The van der Waals surface area contributed by atoms with E-state index in [2.05, 4.69) is 0 Å². The Morgan fingerprint density at radius 3 is 2.44 bits per heavy atom. The average molecular weight is 228 g/mol. The van der Waals surface area contributed by atoms with Gasteiger partial charge in [0.25, 0.3) is 0 Å². The zero-order valence-corrected chi connectivity index (χ0v) is 10.8. The maximum Gasteiger partial charge on any atom is 0.307 e. The molecule has 1 saturated carbocycles. The lowest BCUT2D eigenvalue weighted by molar-refractivity contribution is -0.149. The highest BCUT2D eigenvalue weighted by atomic mass is 16.5. The average Bonchev–Trinajstić information content (AvgIpc) is 2.15. The van der Waals surface area contributed by atoms with Crippen molar-refractivity contribution in [3.8, 4) is 0 Å². The number of ether oxygens (including phenoxy) is 1. The van der Waals surface area contributed by atoms with E-state index in [4.69, 9.17) is 4.74 Å². The third-order valence-electron chi connectivity index (χ3n) is 3.67. The molecule has 0 aliphatic heterocycles. The van der Waals surface area contributed by atoms with Crippen LogP contribution in [0.15, 0.2) is 0 Å². The van der Waals surface area contributed by atoms with Gasteiger partial charge >= 0.3 is 5.97 Å². The van der Waals surface area contributed by atoms with Crippen molar-refractivity contribution in [2.24, 2.45) is 17.3 Å². The van der Waals surface area contributed by atoms with Gasteiger partial charge in [-0.1, -0.05) is 27.2 Å². The Labute approximate surface area is 98.2 Å². The lowest BCUT2D eigenvalue weighted by atomic mass is 9.68. The molecule has 1 rings (SSSR count). The first-order valence-corrected chi connectivity index (χ1v) is 6.12. The molecule has 1 aliphatic rings. The highest BCUT2D eigenvalue weighted by Crippen LogP contribution is 2.40. The van der Waals surface area contributed by atoms with Crippen LogP contribution in [-0.2, 0) is 9.53 Å². The van der Waals surface area contributed by atoms with Crippen molar-refractivity contribution >= 4 is 5.97 Å². The monoisotopic (exact) mass is 228 g/mol. The van der Waals surface area contributed by atoms with Gasteiger partial charge in [-0.2, -0.15) is 0 Å². The van der Waals surface area contributed by atoms with Crippen molar-refractivity contribution in [2.75, 3.05) is 7.11 Å². The lowest BCUT2D eigenvalue weighted by Gasteiger charge is -2.38. The summed E-state index contributed by atoms with van der Waals surface area (Å²) < 4.78 is 5.37. The van der Waals surface area contributed by atoms with Gasteiger partial charge in [0, 0.05) is 7.11 Å². The molecular weight excluding hydrogens is 204 g/mol. The number of carbonyl (C=O) groups is 1. The van der Waals surface area contributed by atoms with Gasteiger partial charge in [-0.05, 0) is 30.6 Å². The van der Waals surface area contributed by atoms with Crippen LogP contribution in [0, 0.1) is 17.3 Å². The summed E-state index contributed by atoms with van der Waals surface area (Å²) in [6.45, 7) is 6.05. The molecule has 0 spiro atoms. The van der Waals surface area contributed by atoms with E-state index in [1.165, 1.54) is 0 Å². The van der Waals surface area contributed by atoms with Gasteiger partial charge in [0.05, 0.1) is 12.0 Å². The van der Waals surface area contributed by atoms with Crippen molar-refractivity contribution in [2.45, 2.75) is 52.6 Å². The minimum absolute atomic E-state index is 0.174. The van der Waals surface area contributed by atoms with Gasteiger partial charge in [0.1, 0.15) is 0 Å². The van der Waals surface area contributed by atoms with Crippen molar-refractivity contribution in [3.05, 3.63) is 0 Å². The molecule has 1 fully saturated rings. The molecule has 3 nitrogen and oxygen atoms in total. The van der Waals surface area contributed by atoms with E-state index in [1.54, 1.807) is 7.11 Å². The summed E-state index contributed by atoms with van der Waals surface area (Å²) in [5, 5.41) is 9.38. The van der Waals surface area contributed by atoms with Gasteiger partial charge < -0.3 is 9.84 Å². The second-order valence-corrected chi connectivity index (χ2v) is 5.97. The Morgan fingerprint density at radius 1 is 1.38 bits per heavy atom. The van der Waals surface area contributed by atoms with Crippen molar-refractivity contribution < 1.29 is 14.6 Å². The van der Waals surface area contributed by atoms with Crippen LogP contribution < -0.4 is 0 Å². The van der Waals surface area contributed by atoms with Gasteiger partial charge in [-0.3, -0.25) is 4.79 Å². The number of hydrogen-bond acceptors (Lipinski definition) is 2. The summed E-state index contributed by atoms with van der Waals surface area (Å²) in [4.78, 5) is 11.4. The Kier molecular flexibility index (Phi) is 4.36. The van der Waals surface area contributed by atoms with Crippen molar-refractivity contribution in [3.63, 3.8) is 0 Å². The Morgan fingerprint density at radius 2 is 2.00 bits per heavy atom. The number of methoxy groups -OCH3 is 1. The van der Waals surface area contributed by atoms with Crippen LogP contribution >= 0.6 is 0 Å². The summed E-state index contributed by atoms with van der Waals surface area (Å²) in [5.74, 6) is -0.657. The fraction of sp³-hybridized carbons (Fsp3) is 0.923. The largest absolute Gasteiger partial charge is 0.481 e. The summed E-state index contributed by atoms with van der Waals surface area (Å²) in [6.07, 6.45) is 4.33. The van der Waals surface area contributed by atoms with E-state index >= 15 is 0 Å². The number of rotatable bonds is 3. The first-order chi connectivity index (χ1) is 7.36. The second-order valence-electron chi connectivity index (χ2n) is 5.97. The molecule has 0 aromatic carbocycles. The third kappa shape index (κ3) is 3.21. The van der Waals surface area contributed by atoms with Crippen molar-refractivity contribution in [1.29, 1.82) is 0 Å². The SMILES string of the molecule is COC1CCCC(C(C(=O)O)C(C)(C)C)C1. The van der Waals surface area contributed by atoms with E-state index in [0.29, 0.717) is 0 Å². The number of hydrogen-bond donors (Lipinski definition) is 1. The van der Waals surface area contributed by atoms with Crippen LogP contribution in [0.3, 0.4) is 0 Å². The van der Waals surface area contributed by atoms with Crippen LogP contribution in [0.5, 0.6) is 0 Å². The molecule has 0 aromatic rings. The summed E-state index contributed by atoms with van der Waals surface area (Å²) in [6, 6.07) is 0. The number of aliphatic carboxylic acids is 1. The number of carboxylic acids is 1. The van der Waals surface area contributed by atoms with E-state index in [9.17, 15) is 9.90 Å². The number of carboxylic acid groups (broad SMARTS) is 1. The zero-order valence-electron chi connectivity index (χ0n) is 10.8. The quantitative estimate of drug-likeness (QED) is 0.807. The predicted octanol–water partition coefficient (Wildman–Crippen LogP) is 2.94. The molecule has 0 bridgehead atoms. The molecule has 3 atom stereocenters. The molecular formula is C13H24O3. The van der Waals surface area contributed by atoms with Crippen LogP contribution in [0.1, 0.15) is 46.5 Å². The molecule has 3 unspecified atom stereocenters. The Bertz CT molecular complexity index is 242. The minimum atomic E-state index is -0.658. The van der Waals surface area contributed by atoms with Crippen LogP contribution in [0.25, 0.3) is 0 Å². The maximum atomic E-state index is 11.4. The van der Waals surface area contributed by atoms with Crippen LogP contribution in [-0.4, -0.2) is 24.3 Å². The molecule has 0 saturated heterocycles. The maximum absolute atomic E-state index is 11.4. The molecule has 0 radical (unpaired) electrons. The molecule has 1 aliphatic carbocycles. The van der Waals surface area contributed by atoms with E-state index < -0.39 is 5.97 Å². The fourth-order valence-electron chi connectivity index (χ4n) is 2.98. The van der Waals surface area contributed by atoms with Gasteiger partial charge in [0.2, 0.25) is 0 Å². The molecule has 94 valence electrons. The standard InChI is InChI=1S/C13H24O3/c1-13(2,3)11(12(14)15)9-6-5-7-10(8-9)16-4/h9-11H,5-8H2,1-4H3,(H,14,15). The first-order valence-electron chi connectivity index (χ1n) is 6.12. The summed E-state index contributed by atoms with van der Waals surface area (Å²) in [5.41, 5.74) is -0.174. The normalized spacial score (nSPS) is 28.8. The van der Waals surface area contributed by atoms with Crippen LogP contribution in [0.2, 0.25) is 0 Å². The van der Waals surface area contributed by atoms with Crippen molar-refractivity contribution in [1.82, 2.24) is 0 Å². The molecule has 16 heavy (non-hydrogen) atoms. The van der Waals surface area contributed by atoms with E-state index in [0.717, 1.165) is 25.7 Å². The minimum Gasteiger partial charge on any atom is -0.481 e. The second kappa shape index (κ2) is 5.17. The fourth-order valence-corrected chi connectivity index (χ4v) is 2.98. The third-order valence-corrected chi connectivity index (χ3v) is 3.67. The molecule has 0 heterocycles. The highest BCUT2D eigenvalue weighted by molar-refractivity contribution is 5.71. The smallest absolute Gasteiger partial charge is 0.307 e. The Balaban J connectivity index is 2.75. The molecule has 0 aromatic heterocycles. The Hall–Kier alpha value is -0.570.